The van der Waals surface area contributed by atoms with Crippen molar-refractivity contribution in [2.45, 2.75) is 362 Å². The predicted octanol–water partition coefficient (Wildman–Crippen LogP) is 7.72. The number of aliphatic hydroxyl groups is 11. The Morgan fingerprint density at radius 3 is 1.13 bits per heavy atom. The van der Waals surface area contributed by atoms with Crippen LogP contribution in [0, 0.1) is 0 Å². The molecule has 83 heavy (non-hydrogen) atoms. The molecule has 3 fully saturated rings. The Hall–Kier alpha value is -1.47. The summed E-state index contributed by atoms with van der Waals surface area (Å²) in [4.78, 5) is 13.4. The van der Waals surface area contributed by atoms with Gasteiger partial charge in [0.25, 0.3) is 0 Å². The summed E-state index contributed by atoms with van der Waals surface area (Å²) in [7, 11) is 0. The smallest absolute Gasteiger partial charge is 0.220 e. The molecule has 0 bridgehead atoms. The molecular weight excluding hydrogens is 1070 g/mol. The first kappa shape index (κ1) is 75.8. The molecule has 3 aliphatic rings. The van der Waals surface area contributed by atoms with Crippen LogP contribution in [0.3, 0.4) is 0 Å². The number of hydrogen-bond acceptors (Lipinski definition) is 18. The van der Waals surface area contributed by atoms with E-state index in [1.54, 1.807) is 6.08 Å². The molecule has 0 saturated carbocycles. The van der Waals surface area contributed by atoms with Gasteiger partial charge in [-0.05, 0) is 19.3 Å². The highest BCUT2D eigenvalue weighted by atomic mass is 16.8. The fourth-order valence-corrected chi connectivity index (χ4v) is 11.6. The van der Waals surface area contributed by atoms with E-state index in [9.17, 15) is 61.0 Å². The van der Waals surface area contributed by atoms with Crippen molar-refractivity contribution in [3.8, 4) is 0 Å². The fraction of sp³-hybridized carbons (Fsp3) is 0.953. The molecule has 3 saturated heterocycles. The van der Waals surface area contributed by atoms with Gasteiger partial charge in [-0.3, -0.25) is 4.79 Å². The van der Waals surface area contributed by atoms with Gasteiger partial charge in [0.15, 0.2) is 18.9 Å². The van der Waals surface area contributed by atoms with Crippen LogP contribution in [-0.2, 0) is 33.2 Å². The molecule has 490 valence electrons. The summed E-state index contributed by atoms with van der Waals surface area (Å²) in [5.74, 6) is -0.270. The lowest BCUT2D eigenvalue weighted by molar-refractivity contribution is -0.379. The number of ether oxygens (including phenoxy) is 6. The first-order valence-electron chi connectivity index (χ1n) is 33.4. The largest absolute Gasteiger partial charge is 0.394 e. The topological polar surface area (TPSA) is 307 Å². The molecule has 3 rings (SSSR count). The Morgan fingerprint density at radius 1 is 0.422 bits per heavy atom. The minimum absolute atomic E-state index is 0.249. The lowest BCUT2D eigenvalue weighted by Crippen LogP contribution is -2.66. The molecule has 3 heterocycles. The Bertz CT molecular complexity index is 1560. The van der Waals surface area contributed by atoms with Crippen LogP contribution in [-0.4, -0.2) is 193 Å². The van der Waals surface area contributed by atoms with Crippen LogP contribution in [0.1, 0.15) is 258 Å². The quantitative estimate of drug-likeness (QED) is 0.0205. The summed E-state index contributed by atoms with van der Waals surface area (Å²) in [5.41, 5.74) is 0. The molecule has 0 aromatic carbocycles. The number of allylic oxidation sites excluding steroid dienone is 1. The second kappa shape index (κ2) is 47.5. The van der Waals surface area contributed by atoms with Gasteiger partial charge in [0, 0.05) is 6.42 Å². The molecule has 12 N–H and O–H groups in total. The number of hydrogen-bond donors (Lipinski definition) is 12. The van der Waals surface area contributed by atoms with Crippen molar-refractivity contribution >= 4 is 5.91 Å². The normalized spacial score (nSPS) is 29.4. The maximum absolute atomic E-state index is 13.4. The van der Waals surface area contributed by atoms with E-state index in [4.69, 9.17) is 28.4 Å². The van der Waals surface area contributed by atoms with Gasteiger partial charge in [-0.2, -0.15) is 0 Å². The molecular formula is C64H121NO18. The lowest BCUT2D eigenvalue weighted by atomic mass is 9.96. The van der Waals surface area contributed by atoms with E-state index in [1.165, 1.54) is 186 Å². The number of rotatable bonds is 51. The first-order chi connectivity index (χ1) is 40.3. The SMILES string of the molecule is CCCCCCCCCCCCCC/C=C/C(O)C(COC1OC(CO)C(OC2OC(CO)C(OC3OC(CO)C(O)C(O)C3O)C(O)C2O)C(O)C1O)NC(=O)CCCCCCCCCCCCCCCCCCCCCCCCCC. The molecule has 17 atom stereocenters. The third-order valence-corrected chi connectivity index (χ3v) is 17.1. The summed E-state index contributed by atoms with van der Waals surface area (Å²) < 4.78 is 34.3. The number of unbranched alkanes of at least 4 members (excludes halogenated alkanes) is 35. The minimum atomic E-state index is -1.97. The molecule has 0 aliphatic carbocycles. The molecule has 3 aliphatic heterocycles. The summed E-state index contributed by atoms with van der Waals surface area (Å²) >= 11 is 0. The molecule has 0 spiro atoms. The van der Waals surface area contributed by atoms with E-state index in [2.05, 4.69) is 19.2 Å². The van der Waals surface area contributed by atoms with Crippen LogP contribution in [0.2, 0.25) is 0 Å². The monoisotopic (exact) mass is 1190 g/mol. The Balaban J connectivity index is 1.43. The first-order valence-corrected chi connectivity index (χ1v) is 33.4. The Morgan fingerprint density at radius 2 is 0.747 bits per heavy atom. The van der Waals surface area contributed by atoms with Crippen molar-refractivity contribution in [2.75, 3.05) is 26.4 Å². The summed E-state index contributed by atoms with van der Waals surface area (Å²) in [6.45, 7) is 1.75. The van der Waals surface area contributed by atoms with Gasteiger partial charge in [0.1, 0.15) is 73.2 Å². The minimum Gasteiger partial charge on any atom is -0.394 e. The van der Waals surface area contributed by atoms with Gasteiger partial charge in [0.2, 0.25) is 5.91 Å². The van der Waals surface area contributed by atoms with Gasteiger partial charge in [-0.25, -0.2) is 0 Å². The molecule has 0 aromatic rings. The van der Waals surface area contributed by atoms with Crippen molar-refractivity contribution in [3.05, 3.63) is 12.2 Å². The Kier molecular flexibility index (Phi) is 43.4. The average molecular weight is 1190 g/mol. The molecule has 0 aromatic heterocycles. The maximum atomic E-state index is 13.4. The van der Waals surface area contributed by atoms with E-state index >= 15 is 0 Å². The number of carbonyl (C=O) groups is 1. The third-order valence-electron chi connectivity index (χ3n) is 17.1. The van der Waals surface area contributed by atoms with E-state index < -0.39 is 124 Å². The zero-order valence-corrected chi connectivity index (χ0v) is 51.4. The highest BCUT2D eigenvalue weighted by Gasteiger charge is 2.53. The summed E-state index contributed by atoms with van der Waals surface area (Å²) in [5, 5.41) is 120. The van der Waals surface area contributed by atoms with Crippen molar-refractivity contribution < 1.29 is 89.4 Å². The highest BCUT2D eigenvalue weighted by Crippen LogP contribution is 2.33. The average Bonchev–Trinajstić information content (AvgIpc) is 3.35. The van der Waals surface area contributed by atoms with Crippen molar-refractivity contribution in [3.63, 3.8) is 0 Å². The lowest BCUT2D eigenvalue weighted by Gasteiger charge is -2.48. The zero-order valence-electron chi connectivity index (χ0n) is 51.4. The second-order valence-electron chi connectivity index (χ2n) is 24.3. The van der Waals surface area contributed by atoms with E-state index in [1.807, 2.05) is 6.08 Å². The van der Waals surface area contributed by atoms with E-state index in [0.29, 0.717) is 6.42 Å². The van der Waals surface area contributed by atoms with Crippen molar-refractivity contribution in [2.24, 2.45) is 0 Å². The van der Waals surface area contributed by atoms with Crippen LogP contribution in [0.15, 0.2) is 12.2 Å². The number of amides is 1. The van der Waals surface area contributed by atoms with E-state index in [-0.39, 0.29) is 18.9 Å². The zero-order chi connectivity index (χ0) is 60.5. The molecule has 19 nitrogen and oxygen atoms in total. The van der Waals surface area contributed by atoms with Crippen molar-refractivity contribution in [1.82, 2.24) is 5.32 Å². The number of carbonyl (C=O) groups excluding carboxylic acids is 1. The van der Waals surface area contributed by atoms with Gasteiger partial charge in [-0.1, -0.05) is 244 Å². The Labute approximate surface area is 499 Å². The summed E-state index contributed by atoms with van der Waals surface area (Å²) in [6.07, 6.45) is 23.4. The predicted molar refractivity (Wildman–Crippen MR) is 319 cm³/mol. The van der Waals surface area contributed by atoms with E-state index in [0.717, 1.165) is 44.9 Å². The molecule has 0 radical (unpaired) electrons. The number of nitrogens with one attached hydrogen (secondary N) is 1. The summed E-state index contributed by atoms with van der Waals surface area (Å²) in [6, 6.07) is -0.967. The van der Waals surface area contributed by atoms with Crippen LogP contribution in [0.25, 0.3) is 0 Å². The van der Waals surface area contributed by atoms with Gasteiger partial charge in [0.05, 0.1) is 38.6 Å². The highest BCUT2D eigenvalue weighted by molar-refractivity contribution is 5.76. The number of aliphatic hydroxyl groups excluding tert-OH is 11. The van der Waals surface area contributed by atoms with Crippen molar-refractivity contribution in [1.29, 1.82) is 0 Å². The second-order valence-corrected chi connectivity index (χ2v) is 24.3. The van der Waals surface area contributed by atoms with Crippen LogP contribution < -0.4 is 5.32 Å². The fourth-order valence-electron chi connectivity index (χ4n) is 11.6. The maximum Gasteiger partial charge on any atom is 0.220 e. The molecule has 1 amide bonds. The van der Waals surface area contributed by atoms with Gasteiger partial charge < -0.3 is 89.9 Å². The standard InChI is InChI=1S/C64H121NO18/c1-3-5-7-9-11-13-15-17-19-20-21-22-23-24-25-26-27-28-30-32-34-36-38-40-42-52(70)65-47(48(69)41-39-37-35-33-31-29-18-16-14-12-10-8-6-4-2)46-78-62-58(76)55(73)60(50(44-67)80-62)83-64-59(77)56(74)61(51(45-68)81-64)82-63-57(75)54(72)53(71)49(43-66)79-63/h39,41,47-51,53-64,66-69,71-77H,3-38,40,42-46H2,1-2H3,(H,65,70)/b41-39+. The van der Waals surface area contributed by atoms with Gasteiger partial charge >= 0.3 is 0 Å². The third kappa shape index (κ3) is 30.5. The van der Waals surface area contributed by atoms with Gasteiger partial charge in [-0.15, -0.1) is 0 Å². The van der Waals surface area contributed by atoms with Crippen LogP contribution >= 0.6 is 0 Å². The van der Waals surface area contributed by atoms with Crippen LogP contribution in [0.5, 0.6) is 0 Å². The van der Waals surface area contributed by atoms with Crippen LogP contribution in [0.4, 0.5) is 0 Å². The molecule has 17 unspecified atom stereocenters. The molecule has 19 heteroatoms.